The first-order valence-corrected chi connectivity index (χ1v) is 8.77. The summed E-state index contributed by atoms with van der Waals surface area (Å²) in [7, 11) is -3.17. The highest BCUT2D eigenvalue weighted by molar-refractivity contribution is 7.90. The quantitative estimate of drug-likeness (QED) is 0.939. The molecular formula is C14H14N2O3S2. The molecule has 0 fully saturated rings. The largest absolute Gasteiger partial charge is 0.302 e. The number of aromatic nitrogens is 1. The molecule has 0 saturated heterocycles. The number of carbonyl (C=O) groups excluding carboxylic acids is 1. The third kappa shape index (κ3) is 4.51. The Balaban J connectivity index is 2.10. The van der Waals surface area contributed by atoms with Gasteiger partial charge in [-0.25, -0.2) is 13.4 Å². The number of nitrogens with zero attached hydrogens (tertiary/aromatic N) is 1. The van der Waals surface area contributed by atoms with Gasteiger partial charge in [-0.15, -0.1) is 0 Å². The van der Waals surface area contributed by atoms with Crippen molar-refractivity contribution in [1.82, 2.24) is 4.98 Å². The van der Waals surface area contributed by atoms with Gasteiger partial charge >= 0.3 is 0 Å². The van der Waals surface area contributed by atoms with Crippen LogP contribution < -0.4 is 5.32 Å². The van der Waals surface area contributed by atoms with Crippen LogP contribution in [-0.4, -0.2) is 25.6 Å². The Bertz CT molecular complexity index is 775. The first-order valence-electron chi connectivity index (χ1n) is 6.06. The van der Waals surface area contributed by atoms with Crippen molar-refractivity contribution >= 4 is 44.4 Å². The van der Waals surface area contributed by atoms with Gasteiger partial charge in [-0.3, -0.25) is 4.79 Å². The maximum atomic E-state index is 11.4. The molecule has 1 amide bonds. The maximum absolute atomic E-state index is 11.4. The molecule has 0 radical (unpaired) electrons. The van der Waals surface area contributed by atoms with Crippen molar-refractivity contribution in [2.75, 3.05) is 11.6 Å². The van der Waals surface area contributed by atoms with Gasteiger partial charge in [0.15, 0.2) is 15.0 Å². The van der Waals surface area contributed by atoms with Crippen molar-refractivity contribution in [3.05, 3.63) is 40.9 Å². The van der Waals surface area contributed by atoms with Gasteiger partial charge in [0.2, 0.25) is 5.91 Å². The molecule has 0 aliphatic heterocycles. The standard InChI is InChI=1S/C14H14N2O3S2/c1-10(17)16-14-15-9-12(20-14)6-3-11-4-7-13(8-5-11)21(2,18)19/h3-9H,1-2H3,(H,15,16,17)/b6-3+. The summed E-state index contributed by atoms with van der Waals surface area (Å²) in [6.07, 6.45) is 6.56. The number of benzene rings is 1. The zero-order chi connectivity index (χ0) is 15.5. The fourth-order valence-electron chi connectivity index (χ4n) is 1.58. The summed E-state index contributed by atoms with van der Waals surface area (Å²) in [6.45, 7) is 1.43. The fraction of sp³-hybridized carbons (Fsp3) is 0.143. The molecule has 0 aliphatic rings. The summed E-state index contributed by atoms with van der Waals surface area (Å²) in [5, 5.41) is 3.17. The molecule has 7 heteroatoms. The number of hydrogen-bond donors (Lipinski definition) is 1. The van der Waals surface area contributed by atoms with E-state index in [1.807, 2.05) is 12.2 Å². The third-order valence-corrected chi connectivity index (χ3v) is 4.56. The van der Waals surface area contributed by atoms with E-state index in [0.29, 0.717) is 10.0 Å². The molecule has 5 nitrogen and oxygen atoms in total. The molecule has 1 heterocycles. The number of rotatable bonds is 4. The monoisotopic (exact) mass is 322 g/mol. The van der Waals surface area contributed by atoms with E-state index in [4.69, 9.17) is 0 Å². The number of amides is 1. The molecule has 2 rings (SSSR count). The number of sulfone groups is 1. The van der Waals surface area contributed by atoms with Gasteiger partial charge in [-0.2, -0.15) is 0 Å². The Hall–Kier alpha value is -1.99. The second-order valence-electron chi connectivity index (χ2n) is 4.42. The van der Waals surface area contributed by atoms with Crippen LogP contribution in [0.1, 0.15) is 17.4 Å². The highest BCUT2D eigenvalue weighted by Gasteiger charge is 2.05. The molecule has 1 N–H and O–H groups in total. The van der Waals surface area contributed by atoms with Gasteiger partial charge in [-0.1, -0.05) is 29.5 Å². The van der Waals surface area contributed by atoms with Crippen LogP contribution >= 0.6 is 11.3 Å². The topological polar surface area (TPSA) is 76.1 Å². The van der Waals surface area contributed by atoms with Crippen LogP contribution in [0, 0.1) is 0 Å². The number of anilines is 1. The lowest BCUT2D eigenvalue weighted by molar-refractivity contribution is -0.114. The predicted octanol–water partition coefficient (Wildman–Crippen LogP) is 2.68. The zero-order valence-corrected chi connectivity index (χ0v) is 13.2. The van der Waals surface area contributed by atoms with Crippen molar-refractivity contribution in [2.24, 2.45) is 0 Å². The van der Waals surface area contributed by atoms with Gasteiger partial charge in [0.25, 0.3) is 0 Å². The summed E-state index contributed by atoms with van der Waals surface area (Å²) < 4.78 is 22.7. The van der Waals surface area contributed by atoms with E-state index in [1.165, 1.54) is 24.5 Å². The van der Waals surface area contributed by atoms with Crippen LogP contribution in [0.15, 0.2) is 35.4 Å². The average molecular weight is 322 g/mol. The van der Waals surface area contributed by atoms with Gasteiger partial charge < -0.3 is 5.32 Å². The smallest absolute Gasteiger partial charge is 0.223 e. The molecule has 0 spiro atoms. The Morgan fingerprint density at radius 2 is 1.90 bits per heavy atom. The predicted molar refractivity (Wildman–Crippen MR) is 84.9 cm³/mol. The average Bonchev–Trinajstić information content (AvgIpc) is 2.82. The Kier molecular flexibility index (Phi) is 4.54. The number of hydrogen-bond acceptors (Lipinski definition) is 5. The molecule has 2 aromatic rings. The van der Waals surface area contributed by atoms with E-state index < -0.39 is 9.84 Å². The Morgan fingerprint density at radius 3 is 2.48 bits per heavy atom. The first-order chi connectivity index (χ1) is 9.84. The number of carbonyl (C=O) groups is 1. The van der Waals surface area contributed by atoms with Crippen LogP contribution in [0.3, 0.4) is 0 Å². The minimum absolute atomic E-state index is 0.156. The molecule has 110 valence electrons. The summed E-state index contributed by atoms with van der Waals surface area (Å²) in [5.41, 5.74) is 0.886. The second-order valence-corrected chi connectivity index (χ2v) is 7.50. The second kappa shape index (κ2) is 6.19. The van der Waals surface area contributed by atoms with Crippen molar-refractivity contribution in [2.45, 2.75) is 11.8 Å². The van der Waals surface area contributed by atoms with Gasteiger partial charge in [0.05, 0.1) is 4.90 Å². The SMILES string of the molecule is CC(=O)Nc1ncc(/C=C/c2ccc(S(C)(=O)=O)cc2)s1. The lowest BCUT2D eigenvalue weighted by atomic mass is 10.2. The summed E-state index contributed by atoms with van der Waals surface area (Å²) in [6, 6.07) is 6.63. The van der Waals surface area contributed by atoms with Crippen LogP contribution in [0.25, 0.3) is 12.2 Å². The zero-order valence-electron chi connectivity index (χ0n) is 11.5. The molecule has 1 aromatic heterocycles. The minimum atomic E-state index is -3.17. The lowest BCUT2D eigenvalue weighted by Gasteiger charge is -1.98. The van der Waals surface area contributed by atoms with Gasteiger partial charge in [0.1, 0.15) is 0 Å². The van der Waals surface area contributed by atoms with E-state index in [2.05, 4.69) is 10.3 Å². The third-order valence-electron chi connectivity index (χ3n) is 2.55. The molecule has 0 unspecified atom stereocenters. The van der Waals surface area contributed by atoms with E-state index in [1.54, 1.807) is 30.5 Å². The van der Waals surface area contributed by atoms with Crippen LogP contribution in [0.2, 0.25) is 0 Å². The Morgan fingerprint density at radius 1 is 1.24 bits per heavy atom. The minimum Gasteiger partial charge on any atom is -0.302 e. The normalized spacial score (nSPS) is 11.7. The fourth-order valence-corrected chi connectivity index (χ4v) is 2.97. The summed E-state index contributed by atoms with van der Waals surface area (Å²) in [5.74, 6) is -0.156. The van der Waals surface area contributed by atoms with Gasteiger partial charge in [-0.05, 0) is 23.8 Å². The lowest BCUT2D eigenvalue weighted by Crippen LogP contribution is -2.04. The number of nitrogens with one attached hydrogen (secondary N) is 1. The summed E-state index contributed by atoms with van der Waals surface area (Å²) >= 11 is 1.36. The van der Waals surface area contributed by atoms with E-state index >= 15 is 0 Å². The molecule has 0 atom stereocenters. The highest BCUT2D eigenvalue weighted by Crippen LogP contribution is 2.20. The van der Waals surface area contributed by atoms with E-state index in [9.17, 15) is 13.2 Å². The Labute approximate surface area is 127 Å². The van der Waals surface area contributed by atoms with Crippen LogP contribution in [-0.2, 0) is 14.6 Å². The molecule has 0 aliphatic carbocycles. The number of thiazole rings is 1. The molecule has 0 saturated carbocycles. The van der Waals surface area contributed by atoms with Crippen molar-refractivity contribution in [3.8, 4) is 0 Å². The van der Waals surface area contributed by atoms with Crippen LogP contribution in [0.4, 0.5) is 5.13 Å². The van der Waals surface area contributed by atoms with E-state index in [-0.39, 0.29) is 5.91 Å². The van der Waals surface area contributed by atoms with Crippen LogP contribution in [0.5, 0.6) is 0 Å². The molecule has 21 heavy (non-hydrogen) atoms. The highest BCUT2D eigenvalue weighted by atomic mass is 32.2. The molecule has 1 aromatic carbocycles. The van der Waals surface area contributed by atoms with Gasteiger partial charge in [0, 0.05) is 24.3 Å². The van der Waals surface area contributed by atoms with Crippen molar-refractivity contribution in [1.29, 1.82) is 0 Å². The van der Waals surface area contributed by atoms with E-state index in [0.717, 1.165) is 10.4 Å². The van der Waals surface area contributed by atoms with Crippen molar-refractivity contribution in [3.63, 3.8) is 0 Å². The molecule has 0 bridgehead atoms. The molecular weight excluding hydrogens is 308 g/mol. The maximum Gasteiger partial charge on any atom is 0.223 e. The van der Waals surface area contributed by atoms with Crippen molar-refractivity contribution < 1.29 is 13.2 Å². The first kappa shape index (κ1) is 15.4. The summed E-state index contributed by atoms with van der Waals surface area (Å²) in [4.78, 5) is 16.2.